The van der Waals surface area contributed by atoms with Crippen molar-refractivity contribution < 1.29 is 17.9 Å². The highest BCUT2D eigenvalue weighted by Crippen LogP contribution is 2.32. The Hall–Kier alpha value is -4.43. The van der Waals surface area contributed by atoms with Gasteiger partial charge in [-0.05, 0) is 54.1 Å². The first-order valence-electron chi connectivity index (χ1n) is 10.9. The molecule has 5 rings (SSSR count). The molecule has 0 fully saturated rings. The fourth-order valence-corrected chi connectivity index (χ4v) is 5.04. The highest BCUT2D eigenvalue weighted by Gasteiger charge is 2.22. The van der Waals surface area contributed by atoms with Gasteiger partial charge in [0, 0.05) is 29.8 Å². The highest BCUT2D eigenvalue weighted by atomic mass is 32.2. The minimum atomic E-state index is -3.82. The molecule has 8 heteroatoms. The lowest BCUT2D eigenvalue weighted by Crippen LogP contribution is -2.23. The minimum absolute atomic E-state index is 0.0817. The van der Waals surface area contributed by atoms with Crippen LogP contribution in [0.4, 0.5) is 0 Å². The molecule has 0 aliphatic heterocycles. The lowest BCUT2D eigenvalue weighted by Gasteiger charge is -2.12. The number of para-hydroxylation sites is 2. The summed E-state index contributed by atoms with van der Waals surface area (Å²) in [5.74, 6) is 0.543. The molecule has 2 N–H and O–H groups in total. The molecule has 0 saturated carbocycles. The number of nitrogens with one attached hydrogen (secondary N) is 2. The smallest absolute Gasteiger partial charge is 0.267 e. The summed E-state index contributed by atoms with van der Waals surface area (Å²) in [6.45, 7) is 0.250. The van der Waals surface area contributed by atoms with Gasteiger partial charge in [-0.15, -0.1) is 0 Å². The van der Waals surface area contributed by atoms with E-state index in [9.17, 15) is 13.2 Å². The number of hydrogen-bond acceptors (Lipinski definition) is 5. The molecule has 5 aromatic rings. The summed E-state index contributed by atoms with van der Waals surface area (Å²) < 4.78 is 32.5. The van der Waals surface area contributed by atoms with Gasteiger partial charge >= 0.3 is 0 Å². The number of carbonyl (C=O) groups is 1. The van der Waals surface area contributed by atoms with Crippen molar-refractivity contribution in [3.8, 4) is 11.5 Å². The summed E-state index contributed by atoms with van der Waals surface area (Å²) in [5.41, 5.74) is 2.03. The summed E-state index contributed by atoms with van der Waals surface area (Å²) in [7, 11) is -3.82. The van der Waals surface area contributed by atoms with E-state index in [2.05, 4.69) is 15.3 Å². The quantitative estimate of drug-likeness (QED) is 0.335. The lowest BCUT2D eigenvalue weighted by molar-refractivity contribution is 0.0946. The summed E-state index contributed by atoms with van der Waals surface area (Å²) in [5, 5.41) is 3.69. The Morgan fingerprint density at radius 3 is 2.43 bits per heavy atom. The average Bonchev–Trinajstić information content (AvgIpc) is 3.33. The van der Waals surface area contributed by atoms with Crippen LogP contribution in [0.25, 0.3) is 10.9 Å². The molecule has 0 radical (unpaired) electrons. The first-order chi connectivity index (χ1) is 17.0. The van der Waals surface area contributed by atoms with Crippen LogP contribution in [0, 0.1) is 0 Å². The summed E-state index contributed by atoms with van der Waals surface area (Å²) in [6, 6.07) is 25.5. The zero-order chi connectivity index (χ0) is 24.3. The molecule has 35 heavy (non-hydrogen) atoms. The summed E-state index contributed by atoms with van der Waals surface area (Å²) >= 11 is 0. The number of fused-ring (bicyclic) bond motifs is 1. The van der Waals surface area contributed by atoms with Crippen LogP contribution < -0.4 is 10.1 Å². The van der Waals surface area contributed by atoms with Gasteiger partial charge in [-0.1, -0.05) is 42.5 Å². The van der Waals surface area contributed by atoms with E-state index in [0.717, 1.165) is 16.5 Å². The van der Waals surface area contributed by atoms with E-state index >= 15 is 0 Å². The fraction of sp³-hybridized carbons (Fsp3) is 0.0370. The van der Waals surface area contributed by atoms with Crippen molar-refractivity contribution in [3.05, 3.63) is 115 Å². The van der Waals surface area contributed by atoms with Crippen LogP contribution in [0.2, 0.25) is 0 Å². The molecule has 0 atom stereocenters. The number of H-pyrrole nitrogens is 1. The molecule has 3 aromatic carbocycles. The maximum absolute atomic E-state index is 13.3. The van der Waals surface area contributed by atoms with Crippen molar-refractivity contribution in [3.63, 3.8) is 0 Å². The Kier molecular flexibility index (Phi) is 6.03. The molecule has 0 unspecified atom stereocenters. The Bertz CT molecular complexity index is 1560. The zero-order valence-corrected chi connectivity index (χ0v) is 19.3. The molecular formula is C27H21N3O4S. The highest BCUT2D eigenvalue weighted by molar-refractivity contribution is 7.91. The predicted molar refractivity (Wildman–Crippen MR) is 132 cm³/mol. The van der Waals surface area contributed by atoms with E-state index in [1.54, 1.807) is 67.0 Å². The number of rotatable bonds is 7. The number of benzene rings is 3. The number of aromatic amines is 1. The lowest BCUT2D eigenvalue weighted by atomic mass is 10.2. The van der Waals surface area contributed by atoms with Gasteiger partial charge in [0.25, 0.3) is 5.91 Å². The van der Waals surface area contributed by atoms with Gasteiger partial charge in [0.05, 0.1) is 4.90 Å². The predicted octanol–water partition coefficient (Wildman–Crippen LogP) is 5.12. The third kappa shape index (κ3) is 4.78. The van der Waals surface area contributed by atoms with Crippen molar-refractivity contribution in [2.24, 2.45) is 0 Å². The Morgan fingerprint density at radius 1 is 0.914 bits per heavy atom. The SMILES string of the molecule is O=C(NCc1ccc(S(=O)(=O)c2ccccc2Oc2ccccc2)cc1)c1cc2cnccc2[nH]1. The van der Waals surface area contributed by atoms with Gasteiger partial charge in [0.2, 0.25) is 9.84 Å². The largest absolute Gasteiger partial charge is 0.456 e. The van der Waals surface area contributed by atoms with Gasteiger partial charge in [-0.3, -0.25) is 9.78 Å². The maximum atomic E-state index is 13.3. The second-order valence-corrected chi connectivity index (χ2v) is 9.76. The second-order valence-electron chi connectivity index (χ2n) is 7.84. The molecule has 174 valence electrons. The maximum Gasteiger partial charge on any atom is 0.267 e. The van der Waals surface area contributed by atoms with E-state index in [-0.39, 0.29) is 28.0 Å². The van der Waals surface area contributed by atoms with Crippen LogP contribution in [0.15, 0.2) is 113 Å². The number of nitrogens with zero attached hydrogens (tertiary/aromatic N) is 1. The molecule has 0 spiro atoms. The fourth-order valence-electron chi connectivity index (χ4n) is 3.66. The van der Waals surface area contributed by atoms with Crippen molar-refractivity contribution in [2.75, 3.05) is 0 Å². The standard InChI is InChI=1S/C27H21N3O4S/c31-27(24-16-20-18-28-15-14-23(20)30-24)29-17-19-10-12-22(13-11-19)35(32,33)26-9-5-4-8-25(26)34-21-6-2-1-3-7-21/h1-16,18,30H,17H2,(H,29,31). The van der Waals surface area contributed by atoms with Crippen LogP contribution in [0.1, 0.15) is 16.1 Å². The molecule has 0 aliphatic rings. The Balaban J connectivity index is 1.31. The molecule has 2 heterocycles. The van der Waals surface area contributed by atoms with Crippen molar-refractivity contribution in [1.82, 2.24) is 15.3 Å². The van der Waals surface area contributed by atoms with E-state index in [1.807, 2.05) is 18.2 Å². The van der Waals surface area contributed by atoms with Crippen molar-refractivity contribution in [2.45, 2.75) is 16.3 Å². The van der Waals surface area contributed by atoms with Crippen LogP contribution >= 0.6 is 0 Å². The number of sulfone groups is 1. The van der Waals surface area contributed by atoms with Gasteiger partial charge in [-0.2, -0.15) is 0 Å². The number of amides is 1. The van der Waals surface area contributed by atoms with Crippen LogP contribution in [-0.4, -0.2) is 24.3 Å². The molecule has 0 bridgehead atoms. The first kappa shape index (κ1) is 22.4. The first-order valence-corrected chi connectivity index (χ1v) is 12.4. The summed E-state index contributed by atoms with van der Waals surface area (Å²) in [6.07, 6.45) is 3.34. The third-order valence-electron chi connectivity index (χ3n) is 5.46. The molecule has 0 aliphatic carbocycles. The topological polar surface area (TPSA) is 101 Å². The van der Waals surface area contributed by atoms with E-state index in [4.69, 9.17) is 4.74 Å². The number of carbonyl (C=O) groups excluding carboxylic acids is 1. The van der Waals surface area contributed by atoms with Gasteiger partial charge < -0.3 is 15.0 Å². The number of ether oxygens (including phenoxy) is 1. The number of pyridine rings is 1. The third-order valence-corrected chi connectivity index (χ3v) is 7.27. The molecular weight excluding hydrogens is 462 g/mol. The molecule has 7 nitrogen and oxygen atoms in total. The van der Waals surface area contributed by atoms with Crippen molar-refractivity contribution >= 4 is 26.6 Å². The molecule has 1 amide bonds. The van der Waals surface area contributed by atoms with E-state index in [1.165, 1.54) is 18.2 Å². The zero-order valence-electron chi connectivity index (χ0n) is 18.5. The van der Waals surface area contributed by atoms with Crippen LogP contribution in [0.5, 0.6) is 11.5 Å². The van der Waals surface area contributed by atoms with Crippen LogP contribution in [-0.2, 0) is 16.4 Å². The van der Waals surface area contributed by atoms with E-state index < -0.39 is 9.84 Å². The average molecular weight is 484 g/mol. The normalized spacial score (nSPS) is 11.3. The monoisotopic (exact) mass is 483 g/mol. The Labute approximate surface area is 202 Å². The van der Waals surface area contributed by atoms with Crippen molar-refractivity contribution in [1.29, 1.82) is 0 Å². The second kappa shape index (κ2) is 9.44. The van der Waals surface area contributed by atoms with Gasteiger partial charge in [-0.25, -0.2) is 8.42 Å². The van der Waals surface area contributed by atoms with E-state index in [0.29, 0.717) is 11.4 Å². The van der Waals surface area contributed by atoms with Gasteiger partial charge in [0.15, 0.2) is 0 Å². The number of hydrogen-bond donors (Lipinski definition) is 2. The minimum Gasteiger partial charge on any atom is -0.456 e. The number of aromatic nitrogens is 2. The Morgan fingerprint density at radius 2 is 1.66 bits per heavy atom. The molecule has 2 aromatic heterocycles. The summed E-state index contributed by atoms with van der Waals surface area (Å²) in [4.78, 5) is 19.8. The van der Waals surface area contributed by atoms with Crippen LogP contribution in [0.3, 0.4) is 0 Å². The van der Waals surface area contributed by atoms with Gasteiger partial charge in [0.1, 0.15) is 22.1 Å². The molecule has 0 saturated heterocycles.